The van der Waals surface area contributed by atoms with E-state index in [0.29, 0.717) is 50.4 Å². The zero-order valence-electron chi connectivity index (χ0n) is 19.3. The van der Waals surface area contributed by atoms with Crippen LogP contribution in [0.25, 0.3) is 0 Å². The molecule has 0 bridgehead atoms. The van der Waals surface area contributed by atoms with Gasteiger partial charge in [-0.15, -0.1) is 0 Å². The van der Waals surface area contributed by atoms with E-state index < -0.39 is 10.0 Å². The number of piperidine rings is 1. The number of hydrogen-bond donors (Lipinski definition) is 0. The maximum absolute atomic E-state index is 13.3. The van der Waals surface area contributed by atoms with E-state index in [9.17, 15) is 18.0 Å². The van der Waals surface area contributed by atoms with Gasteiger partial charge >= 0.3 is 0 Å². The van der Waals surface area contributed by atoms with Crippen molar-refractivity contribution in [2.45, 2.75) is 38.0 Å². The molecule has 0 atom stereocenters. The van der Waals surface area contributed by atoms with Gasteiger partial charge in [0.2, 0.25) is 10.0 Å². The second kappa shape index (κ2) is 9.65. The highest BCUT2D eigenvalue weighted by molar-refractivity contribution is 7.89. The van der Waals surface area contributed by atoms with E-state index in [1.807, 2.05) is 31.2 Å². The number of ketones is 1. The topological polar surface area (TPSA) is 78.0 Å². The first-order valence-corrected chi connectivity index (χ1v) is 13.0. The van der Waals surface area contributed by atoms with Crippen LogP contribution in [0.4, 0.5) is 5.69 Å². The van der Waals surface area contributed by atoms with Gasteiger partial charge in [-0.3, -0.25) is 9.59 Å². The second-order valence-electron chi connectivity index (χ2n) is 8.82. The van der Waals surface area contributed by atoms with Crippen LogP contribution in [0.15, 0.2) is 47.4 Å². The molecule has 1 amide bonds. The molecular weight excluding hydrogens is 438 g/mol. The summed E-state index contributed by atoms with van der Waals surface area (Å²) in [7, 11) is -3.59. The lowest BCUT2D eigenvalue weighted by Crippen LogP contribution is -2.49. The second-order valence-corrected chi connectivity index (χ2v) is 10.8. The lowest BCUT2D eigenvalue weighted by Gasteiger charge is -2.36. The number of aryl methyl sites for hydroxylation is 1. The predicted octanol–water partition coefficient (Wildman–Crippen LogP) is 3.33. The van der Waals surface area contributed by atoms with Crippen LogP contribution in [-0.4, -0.2) is 68.6 Å². The Morgan fingerprint density at radius 3 is 2.06 bits per heavy atom. The smallest absolute Gasteiger partial charge is 0.254 e. The molecule has 0 radical (unpaired) electrons. The first-order valence-electron chi connectivity index (χ1n) is 11.5. The Bertz CT molecular complexity index is 1130. The zero-order valence-corrected chi connectivity index (χ0v) is 20.1. The summed E-state index contributed by atoms with van der Waals surface area (Å²) >= 11 is 0. The number of amides is 1. The Morgan fingerprint density at radius 1 is 0.818 bits per heavy atom. The van der Waals surface area contributed by atoms with E-state index in [2.05, 4.69) is 4.90 Å². The lowest BCUT2D eigenvalue weighted by atomic mass is 10.1. The highest BCUT2D eigenvalue weighted by Crippen LogP contribution is 2.24. The molecule has 0 aromatic heterocycles. The van der Waals surface area contributed by atoms with Gasteiger partial charge in [-0.1, -0.05) is 12.5 Å². The fourth-order valence-electron chi connectivity index (χ4n) is 4.49. The third-order valence-electron chi connectivity index (χ3n) is 6.60. The van der Waals surface area contributed by atoms with Gasteiger partial charge < -0.3 is 9.80 Å². The maximum atomic E-state index is 13.3. The number of rotatable bonds is 5. The summed E-state index contributed by atoms with van der Waals surface area (Å²) < 4.78 is 27.7. The van der Waals surface area contributed by atoms with Crippen molar-refractivity contribution < 1.29 is 18.0 Å². The van der Waals surface area contributed by atoms with E-state index in [1.165, 1.54) is 4.31 Å². The summed E-state index contributed by atoms with van der Waals surface area (Å²) in [6, 6.07) is 12.4. The molecule has 2 aliphatic heterocycles. The maximum Gasteiger partial charge on any atom is 0.254 e. The number of anilines is 1. The van der Waals surface area contributed by atoms with Gasteiger partial charge in [0.05, 0.1) is 4.90 Å². The van der Waals surface area contributed by atoms with Crippen molar-refractivity contribution >= 4 is 27.4 Å². The minimum Gasteiger partial charge on any atom is -0.368 e. The summed E-state index contributed by atoms with van der Waals surface area (Å²) in [5.74, 6) is -0.0911. The van der Waals surface area contributed by atoms with E-state index in [4.69, 9.17) is 0 Å². The van der Waals surface area contributed by atoms with Crippen molar-refractivity contribution in [2.24, 2.45) is 0 Å². The van der Waals surface area contributed by atoms with Crippen LogP contribution < -0.4 is 4.90 Å². The number of hydrogen-bond acceptors (Lipinski definition) is 5. The van der Waals surface area contributed by atoms with E-state index >= 15 is 0 Å². The minimum absolute atomic E-state index is 0.0388. The Hall–Kier alpha value is -2.71. The van der Waals surface area contributed by atoms with Gasteiger partial charge in [-0.25, -0.2) is 8.42 Å². The molecule has 176 valence electrons. The number of carbonyl (C=O) groups excluding carboxylic acids is 2. The molecule has 4 rings (SSSR count). The van der Waals surface area contributed by atoms with Crippen molar-refractivity contribution in [2.75, 3.05) is 44.2 Å². The summed E-state index contributed by atoms with van der Waals surface area (Å²) in [6.45, 7) is 6.92. The third-order valence-corrected chi connectivity index (χ3v) is 8.49. The quantitative estimate of drug-likeness (QED) is 0.628. The summed E-state index contributed by atoms with van der Waals surface area (Å²) in [6.07, 6.45) is 2.80. The number of piperazine rings is 1. The SMILES string of the molecule is CC(=O)c1ccc(N2CCN(C(=O)c3cc(S(=O)(=O)N4CCCCC4)ccc3C)CC2)cc1. The first-order chi connectivity index (χ1) is 15.8. The van der Waals surface area contributed by atoms with Crippen molar-refractivity contribution in [3.05, 3.63) is 59.2 Å². The van der Waals surface area contributed by atoms with Gasteiger partial charge in [0, 0.05) is 56.1 Å². The van der Waals surface area contributed by atoms with Crippen LogP contribution in [0.3, 0.4) is 0 Å². The third kappa shape index (κ3) is 4.96. The highest BCUT2D eigenvalue weighted by Gasteiger charge is 2.29. The van der Waals surface area contributed by atoms with E-state index in [0.717, 1.165) is 30.5 Å². The first kappa shape index (κ1) is 23.4. The molecule has 8 heteroatoms. The minimum atomic E-state index is -3.59. The van der Waals surface area contributed by atoms with Gasteiger partial charge in [-0.2, -0.15) is 4.31 Å². The zero-order chi connectivity index (χ0) is 23.6. The standard InChI is InChI=1S/C25H31N3O4S/c1-19-6-11-23(33(31,32)28-12-4-3-5-13-28)18-24(19)25(30)27-16-14-26(15-17-27)22-9-7-21(8-10-22)20(2)29/h6-11,18H,3-5,12-17H2,1-2H3. The van der Waals surface area contributed by atoms with Gasteiger partial charge in [-0.05, 0) is 68.7 Å². The molecular formula is C25H31N3O4S. The molecule has 2 fully saturated rings. The van der Waals surface area contributed by atoms with Crippen LogP contribution in [-0.2, 0) is 10.0 Å². The Kier molecular flexibility index (Phi) is 6.86. The van der Waals surface area contributed by atoms with Crippen LogP contribution >= 0.6 is 0 Å². The number of Topliss-reactive ketones (excluding diaryl/α,β-unsaturated/α-hetero) is 1. The Balaban J connectivity index is 1.46. The van der Waals surface area contributed by atoms with Crippen LogP contribution in [0, 0.1) is 6.92 Å². The van der Waals surface area contributed by atoms with Crippen LogP contribution in [0.1, 0.15) is 52.5 Å². The molecule has 0 saturated carbocycles. The number of nitrogens with zero attached hydrogens (tertiary/aromatic N) is 3. The molecule has 2 saturated heterocycles. The Labute approximate surface area is 196 Å². The number of benzene rings is 2. The largest absolute Gasteiger partial charge is 0.368 e. The Morgan fingerprint density at radius 2 is 1.45 bits per heavy atom. The predicted molar refractivity (Wildman–Crippen MR) is 128 cm³/mol. The molecule has 0 spiro atoms. The molecule has 2 aromatic rings. The number of sulfonamides is 1. The molecule has 7 nitrogen and oxygen atoms in total. The molecule has 2 heterocycles. The summed E-state index contributed by atoms with van der Waals surface area (Å²) in [5.41, 5.74) is 2.94. The highest BCUT2D eigenvalue weighted by atomic mass is 32.2. The van der Waals surface area contributed by atoms with Crippen molar-refractivity contribution in [3.63, 3.8) is 0 Å². The summed E-state index contributed by atoms with van der Waals surface area (Å²) in [5, 5.41) is 0. The molecule has 0 unspecified atom stereocenters. The van der Waals surface area contributed by atoms with Gasteiger partial charge in [0.15, 0.2) is 5.78 Å². The average Bonchev–Trinajstić information content (AvgIpc) is 2.84. The summed E-state index contributed by atoms with van der Waals surface area (Å²) in [4.78, 5) is 29.0. The van der Waals surface area contributed by atoms with Gasteiger partial charge in [0.25, 0.3) is 5.91 Å². The van der Waals surface area contributed by atoms with Crippen LogP contribution in [0.5, 0.6) is 0 Å². The fourth-order valence-corrected chi connectivity index (χ4v) is 6.04. The lowest BCUT2D eigenvalue weighted by molar-refractivity contribution is 0.0745. The molecule has 33 heavy (non-hydrogen) atoms. The fraction of sp³-hybridized carbons (Fsp3) is 0.440. The number of carbonyl (C=O) groups is 2. The monoisotopic (exact) mass is 469 g/mol. The average molecular weight is 470 g/mol. The van der Waals surface area contributed by atoms with Crippen molar-refractivity contribution in [3.8, 4) is 0 Å². The normalized spacial score (nSPS) is 17.8. The van der Waals surface area contributed by atoms with E-state index in [1.54, 1.807) is 30.0 Å². The molecule has 0 N–H and O–H groups in total. The van der Waals surface area contributed by atoms with Crippen molar-refractivity contribution in [1.29, 1.82) is 0 Å². The van der Waals surface area contributed by atoms with Crippen molar-refractivity contribution in [1.82, 2.24) is 9.21 Å². The van der Waals surface area contributed by atoms with Gasteiger partial charge in [0.1, 0.15) is 0 Å². The van der Waals surface area contributed by atoms with E-state index in [-0.39, 0.29) is 16.6 Å². The molecule has 2 aliphatic rings. The molecule has 0 aliphatic carbocycles. The molecule has 2 aromatic carbocycles. The van der Waals surface area contributed by atoms with Crippen LogP contribution in [0.2, 0.25) is 0 Å².